The molecule has 3 aromatic heterocycles. The molecule has 0 aliphatic carbocycles. The van der Waals surface area contributed by atoms with Gasteiger partial charge in [0.1, 0.15) is 12.4 Å². The quantitative estimate of drug-likeness (QED) is 0.596. The minimum absolute atomic E-state index is 0.347. The summed E-state index contributed by atoms with van der Waals surface area (Å²) in [5, 5.41) is 10.5. The van der Waals surface area contributed by atoms with Crippen LogP contribution in [0.4, 0.5) is 5.82 Å². The Bertz CT molecular complexity index is 1030. The highest BCUT2D eigenvalue weighted by atomic mass is 16.5. The average molecular weight is 332 g/mol. The molecular weight excluding hydrogens is 316 g/mol. The van der Waals surface area contributed by atoms with E-state index in [1.165, 1.54) is 0 Å². The maximum atomic E-state index is 5.92. The second-order valence-corrected chi connectivity index (χ2v) is 5.71. The van der Waals surface area contributed by atoms with Crippen LogP contribution in [0.25, 0.3) is 22.3 Å². The predicted molar refractivity (Wildman–Crippen MR) is 94.8 cm³/mol. The maximum absolute atomic E-state index is 5.92. The molecule has 124 valence electrons. The smallest absolute Gasteiger partial charge is 0.207 e. The van der Waals surface area contributed by atoms with Gasteiger partial charge in [0, 0.05) is 18.5 Å². The molecule has 7 nitrogen and oxygen atoms in total. The summed E-state index contributed by atoms with van der Waals surface area (Å²) in [6.45, 7) is 2.47. The van der Waals surface area contributed by atoms with Gasteiger partial charge in [0.25, 0.3) is 0 Å². The van der Waals surface area contributed by atoms with E-state index in [9.17, 15) is 0 Å². The lowest BCUT2D eigenvalue weighted by atomic mass is 10.0. The molecule has 4 aromatic rings. The summed E-state index contributed by atoms with van der Waals surface area (Å²) >= 11 is 0. The van der Waals surface area contributed by atoms with Gasteiger partial charge in [-0.1, -0.05) is 24.3 Å². The molecule has 0 fully saturated rings. The normalized spacial score (nSPS) is 10.9. The van der Waals surface area contributed by atoms with Gasteiger partial charge < -0.3 is 10.5 Å². The van der Waals surface area contributed by atoms with Crippen molar-refractivity contribution in [2.75, 3.05) is 5.73 Å². The zero-order valence-electron chi connectivity index (χ0n) is 13.6. The topological polar surface area (TPSA) is 103 Å². The standard InChI is InChI=1S/C18H16N6O/c1-11-7-12(13-3-2-6-20-9-13)4-5-14(11)10-25-15-8-16(19)21-18-17(15)22-24-23-18/h2-9H,10H2,1H3,(H3,19,21,22,23,24). The number of benzene rings is 1. The van der Waals surface area contributed by atoms with Gasteiger partial charge in [0.05, 0.1) is 0 Å². The lowest BCUT2D eigenvalue weighted by Gasteiger charge is -2.11. The summed E-state index contributed by atoms with van der Waals surface area (Å²) < 4.78 is 5.92. The molecule has 0 aliphatic rings. The number of pyridine rings is 2. The molecule has 4 rings (SSSR count). The van der Waals surface area contributed by atoms with Crippen LogP contribution in [0.5, 0.6) is 5.75 Å². The van der Waals surface area contributed by atoms with Crippen molar-refractivity contribution in [3.05, 3.63) is 59.9 Å². The number of anilines is 1. The van der Waals surface area contributed by atoms with Gasteiger partial charge in [-0.25, -0.2) is 4.98 Å². The minimum atomic E-state index is 0.347. The highest BCUT2D eigenvalue weighted by molar-refractivity contribution is 5.78. The minimum Gasteiger partial charge on any atom is -0.486 e. The van der Waals surface area contributed by atoms with Crippen LogP contribution < -0.4 is 10.5 Å². The summed E-state index contributed by atoms with van der Waals surface area (Å²) in [4.78, 5) is 8.26. The number of nitrogens with zero attached hydrogens (tertiary/aromatic N) is 4. The van der Waals surface area contributed by atoms with Gasteiger partial charge in [-0.2, -0.15) is 10.3 Å². The van der Waals surface area contributed by atoms with Crippen LogP contribution in [0, 0.1) is 6.92 Å². The van der Waals surface area contributed by atoms with E-state index in [2.05, 4.69) is 50.5 Å². The van der Waals surface area contributed by atoms with E-state index in [0.717, 1.165) is 22.3 Å². The van der Waals surface area contributed by atoms with E-state index in [1.807, 2.05) is 18.3 Å². The van der Waals surface area contributed by atoms with Crippen molar-refractivity contribution >= 4 is 17.0 Å². The van der Waals surface area contributed by atoms with Crippen LogP contribution in [0.15, 0.2) is 48.8 Å². The Morgan fingerprint density at radius 3 is 2.84 bits per heavy atom. The highest BCUT2D eigenvalue weighted by Gasteiger charge is 2.10. The Labute approximate surface area is 143 Å². The molecule has 7 heteroatoms. The van der Waals surface area contributed by atoms with E-state index < -0.39 is 0 Å². The van der Waals surface area contributed by atoms with Gasteiger partial charge >= 0.3 is 0 Å². The molecular formula is C18H16N6O. The summed E-state index contributed by atoms with van der Waals surface area (Å²) in [6, 6.07) is 11.9. The van der Waals surface area contributed by atoms with Gasteiger partial charge in [-0.05, 0) is 35.2 Å². The fraction of sp³-hybridized carbons (Fsp3) is 0.111. The Morgan fingerprint density at radius 2 is 2.04 bits per heavy atom. The van der Waals surface area contributed by atoms with E-state index in [4.69, 9.17) is 10.5 Å². The largest absolute Gasteiger partial charge is 0.486 e. The van der Waals surface area contributed by atoms with Gasteiger partial charge in [-0.15, -0.1) is 5.10 Å². The van der Waals surface area contributed by atoms with Crippen LogP contribution in [0.1, 0.15) is 11.1 Å². The number of aryl methyl sites for hydroxylation is 1. The van der Waals surface area contributed by atoms with E-state index in [-0.39, 0.29) is 0 Å². The van der Waals surface area contributed by atoms with E-state index in [1.54, 1.807) is 12.3 Å². The summed E-state index contributed by atoms with van der Waals surface area (Å²) in [7, 11) is 0. The van der Waals surface area contributed by atoms with Crippen LogP contribution >= 0.6 is 0 Å². The monoisotopic (exact) mass is 332 g/mol. The maximum Gasteiger partial charge on any atom is 0.207 e. The number of fused-ring (bicyclic) bond motifs is 1. The van der Waals surface area contributed by atoms with E-state index in [0.29, 0.717) is 29.3 Å². The number of hydrogen-bond donors (Lipinski definition) is 2. The Kier molecular flexibility index (Phi) is 3.74. The van der Waals surface area contributed by atoms with E-state index >= 15 is 0 Å². The third-order valence-corrected chi connectivity index (χ3v) is 4.00. The van der Waals surface area contributed by atoms with Crippen molar-refractivity contribution in [1.29, 1.82) is 0 Å². The number of hydrogen-bond acceptors (Lipinski definition) is 6. The molecule has 0 atom stereocenters. The van der Waals surface area contributed by atoms with Crippen molar-refractivity contribution in [1.82, 2.24) is 25.4 Å². The molecule has 1 aromatic carbocycles. The lowest BCUT2D eigenvalue weighted by molar-refractivity contribution is 0.308. The average Bonchev–Trinajstić information content (AvgIpc) is 3.09. The fourth-order valence-electron chi connectivity index (χ4n) is 2.66. The SMILES string of the molecule is Cc1cc(-c2cccnc2)ccc1COc1cc(N)nc2n[nH]nc12. The lowest BCUT2D eigenvalue weighted by Crippen LogP contribution is -2.00. The highest BCUT2D eigenvalue weighted by Crippen LogP contribution is 2.26. The number of nitrogen functional groups attached to an aromatic ring is 1. The third-order valence-electron chi connectivity index (χ3n) is 4.00. The van der Waals surface area contributed by atoms with Crippen LogP contribution in [0.3, 0.4) is 0 Å². The van der Waals surface area contributed by atoms with Crippen molar-refractivity contribution in [3.63, 3.8) is 0 Å². The molecule has 0 spiro atoms. The number of ether oxygens (including phenoxy) is 1. The number of aromatic amines is 1. The van der Waals surface area contributed by atoms with Crippen LogP contribution in [-0.2, 0) is 6.61 Å². The second kappa shape index (κ2) is 6.20. The van der Waals surface area contributed by atoms with Gasteiger partial charge in [0.2, 0.25) is 5.65 Å². The molecule has 3 heterocycles. The number of nitrogens with one attached hydrogen (secondary N) is 1. The summed E-state index contributed by atoms with van der Waals surface area (Å²) in [5.74, 6) is 0.909. The zero-order valence-corrected chi connectivity index (χ0v) is 13.6. The number of nitrogens with two attached hydrogens (primary N) is 1. The molecule has 0 bridgehead atoms. The van der Waals surface area contributed by atoms with Crippen LogP contribution in [-0.4, -0.2) is 25.4 Å². The first kappa shape index (κ1) is 15.1. The van der Waals surface area contributed by atoms with Crippen molar-refractivity contribution in [3.8, 4) is 16.9 Å². The van der Waals surface area contributed by atoms with Gasteiger partial charge in [-0.3, -0.25) is 4.98 Å². The van der Waals surface area contributed by atoms with Crippen molar-refractivity contribution in [2.45, 2.75) is 13.5 Å². The molecule has 0 saturated heterocycles. The first-order valence-corrected chi connectivity index (χ1v) is 7.80. The predicted octanol–water partition coefficient (Wildman–Crippen LogP) is 2.88. The zero-order chi connectivity index (χ0) is 17.2. The van der Waals surface area contributed by atoms with Gasteiger partial charge in [0.15, 0.2) is 11.3 Å². The first-order valence-electron chi connectivity index (χ1n) is 7.80. The third kappa shape index (κ3) is 2.99. The Morgan fingerprint density at radius 1 is 1.12 bits per heavy atom. The number of H-pyrrole nitrogens is 1. The molecule has 0 amide bonds. The van der Waals surface area contributed by atoms with Crippen molar-refractivity contribution in [2.24, 2.45) is 0 Å². The molecule has 0 radical (unpaired) electrons. The molecule has 0 unspecified atom stereocenters. The number of rotatable bonds is 4. The van der Waals surface area contributed by atoms with Crippen LogP contribution in [0.2, 0.25) is 0 Å². The second-order valence-electron chi connectivity index (χ2n) is 5.71. The van der Waals surface area contributed by atoms with Crippen molar-refractivity contribution < 1.29 is 4.74 Å². The molecule has 0 aliphatic heterocycles. The fourth-order valence-corrected chi connectivity index (χ4v) is 2.66. The molecule has 0 saturated carbocycles. The first-order chi connectivity index (χ1) is 12.2. The molecule has 25 heavy (non-hydrogen) atoms. The number of aromatic nitrogens is 5. The Hall–Kier alpha value is -3.48. The summed E-state index contributed by atoms with van der Waals surface area (Å²) in [6.07, 6.45) is 3.62. The summed E-state index contributed by atoms with van der Waals surface area (Å²) in [5.41, 5.74) is 11.2. The molecule has 3 N–H and O–H groups in total. The Balaban J connectivity index is 1.58.